The van der Waals surface area contributed by atoms with Crippen LogP contribution in [0.1, 0.15) is 46.0 Å². The summed E-state index contributed by atoms with van der Waals surface area (Å²) < 4.78 is 26.5. The molecule has 1 aliphatic heterocycles. The van der Waals surface area contributed by atoms with Crippen molar-refractivity contribution in [2.75, 3.05) is 19.5 Å². The van der Waals surface area contributed by atoms with Gasteiger partial charge in [-0.1, -0.05) is 42.1 Å². The predicted molar refractivity (Wildman–Crippen MR) is 179 cm³/mol. The molecule has 6 rings (SSSR count). The molecule has 1 atom stereocenters. The molecule has 0 bridgehead atoms. The molecule has 0 spiro atoms. The number of hydrazone groups is 1. The second-order valence-electron chi connectivity index (χ2n) is 10.4. The Morgan fingerprint density at radius 2 is 1.81 bits per heavy atom. The number of nitrogens with one attached hydrogen (secondary N) is 1. The van der Waals surface area contributed by atoms with Crippen molar-refractivity contribution in [1.82, 2.24) is 25.1 Å². The molecule has 5 aromatic rings. The van der Waals surface area contributed by atoms with Gasteiger partial charge in [-0.3, -0.25) is 14.2 Å². The lowest BCUT2D eigenvalue weighted by atomic mass is 10.0. The Morgan fingerprint density at radius 3 is 2.53 bits per heavy atom. The quantitative estimate of drug-likeness (QED) is 0.156. The molecule has 0 radical (unpaired) electrons. The monoisotopic (exact) mass is 670 g/mol. The number of halogens is 1. The van der Waals surface area contributed by atoms with Gasteiger partial charge in [0.15, 0.2) is 11.0 Å². The van der Waals surface area contributed by atoms with Crippen LogP contribution < -0.4 is 14.8 Å². The van der Waals surface area contributed by atoms with Gasteiger partial charge in [-0.2, -0.15) is 5.10 Å². The molecule has 0 aliphatic carbocycles. The van der Waals surface area contributed by atoms with E-state index in [1.165, 1.54) is 36.0 Å². The molecule has 0 saturated carbocycles. The molecule has 240 valence electrons. The van der Waals surface area contributed by atoms with Crippen LogP contribution in [0, 0.1) is 5.82 Å². The fourth-order valence-electron chi connectivity index (χ4n) is 5.18. The first kappa shape index (κ1) is 32.0. The zero-order valence-electron chi connectivity index (χ0n) is 25.6. The molecule has 1 N–H and O–H groups in total. The van der Waals surface area contributed by atoms with Crippen LogP contribution >= 0.6 is 23.1 Å². The van der Waals surface area contributed by atoms with Crippen LogP contribution in [0.15, 0.2) is 101 Å². The van der Waals surface area contributed by atoms with E-state index in [-0.39, 0.29) is 36.0 Å². The highest BCUT2D eigenvalue weighted by molar-refractivity contribution is 7.99. The third-order valence-electron chi connectivity index (χ3n) is 7.42. The van der Waals surface area contributed by atoms with Crippen molar-refractivity contribution in [3.8, 4) is 17.2 Å². The van der Waals surface area contributed by atoms with E-state index in [2.05, 4.69) is 15.5 Å². The van der Waals surface area contributed by atoms with Gasteiger partial charge in [-0.15, -0.1) is 21.5 Å². The van der Waals surface area contributed by atoms with Gasteiger partial charge in [0.25, 0.3) is 11.8 Å². The van der Waals surface area contributed by atoms with Crippen LogP contribution in [0.4, 0.5) is 4.39 Å². The molecule has 1 aliphatic rings. The van der Waals surface area contributed by atoms with Gasteiger partial charge in [0.05, 0.1) is 48.2 Å². The third-order valence-corrected chi connectivity index (χ3v) is 9.25. The van der Waals surface area contributed by atoms with E-state index in [1.54, 1.807) is 52.3 Å². The van der Waals surface area contributed by atoms with E-state index in [1.807, 2.05) is 48.7 Å². The number of thiophene rings is 1. The zero-order valence-corrected chi connectivity index (χ0v) is 27.3. The molecular weight excluding hydrogens is 640 g/mol. The summed E-state index contributed by atoms with van der Waals surface area (Å²) in [6, 6.07) is 24.1. The van der Waals surface area contributed by atoms with Gasteiger partial charge in [-0.25, -0.2) is 9.40 Å². The summed E-state index contributed by atoms with van der Waals surface area (Å²) in [6.45, 7) is 2.51. The number of amides is 2. The molecule has 1 unspecified atom stereocenters. The van der Waals surface area contributed by atoms with Crippen molar-refractivity contribution >= 4 is 40.6 Å². The third kappa shape index (κ3) is 7.21. The van der Waals surface area contributed by atoms with Gasteiger partial charge in [0.1, 0.15) is 17.3 Å². The second-order valence-corrected chi connectivity index (χ2v) is 12.3. The zero-order chi connectivity index (χ0) is 32.8. The molecule has 0 fully saturated rings. The number of carbonyl (C=O) groups is 2. The van der Waals surface area contributed by atoms with E-state index in [0.717, 1.165) is 21.8 Å². The lowest BCUT2D eigenvalue weighted by molar-refractivity contribution is -0.130. The molecular formula is C34H31FN6O4S2. The van der Waals surface area contributed by atoms with E-state index in [0.29, 0.717) is 41.1 Å². The minimum Gasteiger partial charge on any atom is -0.496 e. The van der Waals surface area contributed by atoms with E-state index in [4.69, 9.17) is 14.6 Å². The number of hydrogen-bond acceptors (Lipinski definition) is 9. The van der Waals surface area contributed by atoms with Gasteiger partial charge < -0.3 is 14.8 Å². The first-order chi connectivity index (χ1) is 22.9. The first-order valence-electron chi connectivity index (χ1n) is 14.9. The summed E-state index contributed by atoms with van der Waals surface area (Å²) in [7, 11) is 1.51. The highest BCUT2D eigenvalue weighted by atomic mass is 32.2. The van der Waals surface area contributed by atoms with E-state index in [9.17, 15) is 14.0 Å². The average Bonchev–Trinajstić information content (AvgIpc) is 3.87. The number of aromatic nitrogens is 3. The van der Waals surface area contributed by atoms with Crippen LogP contribution in [0.3, 0.4) is 0 Å². The highest BCUT2D eigenvalue weighted by Crippen LogP contribution is 2.35. The van der Waals surface area contributed by atoms with Crippen molar-refractivity contribution < 1.29 is 23.5 Å². The summed E-state index contributed by atoms with van der Waals surface area (Å²) in [6.07, 6.45) is 0.515. The minimum atomic E-state index is -0.370. The van der Waals surface area contributed by atoms with E-state index >= 15 is 0 Å². The number of methoxy groups -OCH3 is 1. The Bertz CT molecular complexity index is 1880. The van der Waals surface area contributed by atoms with Crippen LogP contribution in [-0.2, 0) is 11.3 Å². The van der Waals surface area contributed by atoms with E-state index < -0.39 is 0 Å². The summed E-state index contributed by atoms with van der Waals surface area (Å²) in [5.74, 6) is 0.746. The SMILES string of the molecule is CCOc1ccc(-n2c(CNC(=O)c3ccccc3OC)nnc2SCC(=O)N2N=C(c3cccs3)CC2c2ccc(F)cc2)cc1. The number of nitrogens with zero attached hydrogens (tertiary/aromatic N) is 5. The number of thioether (sulfide) groups is 1. The topological polar surface area (TPSA) is 111 Å². The van der Waals surface area contributed by atoms with Gasteiger partial charge in [0.2, 0.25) is 0 Å². The number of rotatable bonds is 12. The van der Waals surface area contributed by atoms with Crippen molar-refractivity contribution in [2.24, 2.45) is 5.10 Å². The molecule has 10 nitrogen and oxygen atoms in total. The van der Waals surface area contributed by atoms with Gasteiger partial charge in [-0.05, 0) is 72.5 Å². The largest absolute Gasteiger partial charge is 0.496 e. The number of carbonyl (C=O) groups excluding carboxylic acids is 2. The van der Waals surface area contributed by atoms with Crippen molar-refractivity contribution in [3.05, 3.63) is 118 Å². The number of benzene rings is 3. The average molecular weight is 671 g/mol. The summed E-state index contributed by atoms with van der Waals surface area (Å²) in [5, 5.41) is 20.3. The molecule has 3 aromatic carbocycles. The maximum absolute atomic E-state index is 13.8. The Balaban J connectivity index is 1.25. The normalized spacial score (nSPS) is 14.1. The molecule has 0 saturated heterocycles. The smallest absolute Gasteiger partial charge is 0.255 e. The number of ether oxygens (including phenoxy) is 2. The van der Waals surface area contributed by atoms with Crippen LogP contribution in [-0.4, -0.2) is 56.8 Å². The standard InChI is InChI=1S/C34H31FN6O4S2/c1-3-45-25-16-14-24(15-17-25)40-31(20-36-33(43)26-7-4-5-8-29(26)44-2)37-38-34(40)47-21-32(42)41-28(22-10-12-23(35)13-11-22)19-27(39-41)30-9-6-18-46-30/h4-18,28H,3,19-21H2,1-2H3,(H,36,43). The fourth-order valence-corrected chi connectivity index (χ4v) is 6.73. The molecule has 47 heavy (non-hydrogen) atoms. The Hall–Kier alpha value is -5.01. The number of para-hydroxylation sites is 1. The summed E-state index contributed by atoms with van der Waals surface area (Å²) in [5.41, 5.74) is 2.73. The summed E-state index contributed by atoms with van der Waals surface area (Å²) >= 11 is 2.77. The van der Waals surface area contributed by atoms with Crippen LogP contribution in [0.25, 0.3) is 5.69 Å². The maximum Gasteiger partial charge on any atom is 0.255 e. The first-order valence-corrected chi connectivity index (χ1v) is 16.7. The molecule has 2 amide bonds. The maximum atomic E-state index is 13.8. The molecule has 2 aromatic heterocycles. The van der Waals surface area contributed by atoms with Crippen LogP contribution in [0.2, 0.25) is 0 Å². The van der Waals surface area contributed by atoms with Crippen LogP contribution in [0.5, 0.6) is 11.5 Å². The Kier molecular flexibility index (Phi) is 9.93. The van der Waals surface area contributed by atoms with Crippen molar-refractivity contribution in [2.45, 2.75) is 31.1 Å². The molecule has 3 heterocycles. The van der Waals surface area contributed by atoms with Gasteiger partial charge >= 0.3 is 0 Å². The Morgan fingerprint density at radius 1 is 1.02 bits per heavy atom. The predicted octanol–water partition coefficient (Wildman–Crippen LogP) is 6.28. The lowest BCUT2D eigenvalue weighted by Crippen LogP contribution is -2.28. The van der Waals surface area contributed by atoms with Crippen molar-refractivity contribution in [1.29, 1.82) is 0 Å². The Labute approximate surface area is 279 Å². The molecule has 13 heteroatoms. The highest BCUT2D eigenvalue weighted by Gasteiger charge is 2.34. The fraction of sp³-hybridized carbons (Fsp3) is 0.206. The minimum absolute atomic E-state index is 0.0155. The summed E-state index contributed by atoms with van der Waals surface area (Å²) in [4.78, 5) is 27.8. The second kappa shape index (κ2) is 14.6. The lowest BCUT2D eigenvalue weighted by Gasteiger charge is -2.22. The van der Waals surface area contributed by atoms with Gasteiger partial charge in [0, 0.05) is 12.1 Å². The number of hydrogen-bond donors (Lipinski definition) is 1. The van der Waals surface area contributed by atoms with Crippen molar-refractivity contribution in [3.63, 3.8) is 0 Å².